The van der Waals surface area contributed by atoms with E-state index in [0.29, 0.717) is 12.3 Å². The number of hydrogen-bond donors (Lipinski definition) is 1. The van der Waals surface area contributed by atoms with Gasteiger partial charge in [-0.05, 0) is 24.7 Å². The molecule has 0 aliphatic heterocycles. The summed E-state index contributed by atoms with van der Waals surface area (Å²) in [5, 5.41) is 19.4. The van der Waals surface area contributed by atoms with E-state index in [4.69, 9.17) is 5.11 Å². The first-order chi connectivity index (χ1) is 7.03. The van der Waals surface area contributed by atoms with Crippen LogP contribution < -0.4 is 0 Å². The Kier molecular flexibility index (Phi) is 2.25. The molecule has 2 aliphatic carbocycles. The van der Waals surface area contributed by atoms with Gasteiger partial charge in [-0.1, -0.05) is 12.2 Å². The second-order valence-corrected chi connectivity index (χ2v) is 4.56. The van der Waals surface area contributed by atoms with Crippen LogP contribution in [0.2, 0.25) is 0 Å². The van der Waals surface area contributed by atoms with Crippen molar-refractivity contribution in [1.82, 2.24) is 0 Å². The van der Waals surface area contributed by atoms with Crippen molar-refractivity contribution in [2.45, 2.75) is 19.3 Å². The van der Waals surface area contributed by atoms with E-state index in [0.717, 1.165) is 6.42 Å². The van der Waals surface area contributed by atoms with Gasteiger partial charge in [-0.2, -0.15) is 0 Å². The fraction of sp³-hybridized carbons (Fsp3) is 0.700. The highest BCUT2D eigenvalue weighted by Crippen LogP contribution is 2.58. The van der Waals surface area contributed by atoms with E-state index in [1.807, 2.05) is 6.08 Å². The smallest absolute Gasteiger partial charge is 0.304 e. The maximum Gasteiger partial charge on any atom is 0.304 e. The lowest BCUT2D eigenvalue weighted by Gasteiger charge is -2.49. The number of aliphatic carboxylic acids is 1. The van der Waals surface area contributed by atoms with Gasteiger partial charge in [-0.15, -0.1) is 0 Å². The molecule has 5 heteroatoms. The highest BCUT2D eigenvalue weighted by Gasteiger charge is 2.57. The number of carbonyl (C=O) groups is 1. The number of carboxylic acid groups (broad SMARTS) is 1. The summed E-state index contributed by atoms with van der Waals surface area (Å²) in [5.41, 5.74) is -0.594. The van der Waals surface area contributed by atoms with Gasteiger partial charge in [-0.3, -0.25) is 14.9 Å². The lowest BCUT2D eigenvalue weighted by atomic mass is 9.53. The summed E-state index contributed by atoms with van der Waals surface area (Å²) in [6.07, 6.45) is 5.45. The minimum Gasteiger partial charge on any atom is -0.481 e. The SMILES string of the molecule is O=C(O)C[C@@]1(C[N+](=O)[O-])CC2C=CCC21. The molecule has 82 valence electrons. The fourth-order valence-electron chi connectivity index (χ4n) is 3.08. The Balaban J connectivity index is 2.11. The van der Waals surface area contributed by atoms with Crippen molar-refractivity contribution in [2.75, 3.05) is 6.54 Å². The van der Waals surface area contributed by atoms with E-state index in [9.17, 15) is 14.9 Å². The summed E-state index contributed by atoms with van der Waals surface area (Å²) in [7, 11) is 0. The Hall–Kier alpha value is -1.39. The highest BCUT2D eigenvalue weighted by molar-refractivity contribution is 5.68. The molecule has 15 heavy (non-hydrogen) atoms. The first kappa shape index (κ1) is 10.1. The number of hydrogen-bond acceptors (Lipinski definition) is 3. The molecule has 0 spiro atoms. The van der Waals surface area contributed by atoms with E-state index in [2.05, 4.69) is 6.08 Å². The van der Waals surface area contributed by atoms with E-state index in [1.165, 1.54) is 0 Å². The Morgan fingerprint density at radius 2 is 2.40 bits per heavy atom. The van der Waals surface area contributed by atoms with Crippen molar-refractivity contribution in [3.8, 4) is 0 Å². The van der Waals surface area contributed by atoms with Crippen LogP contribution in [0.1, 0.15) is 19.3 Å². The van der Waals surface area contributed by atoms with Crippen LogP contribution >= 0.6 is 0 Å². The van der Waals surface area contributed by atoms with Gasteiger partial charge in [0.2, 0.25) is 6.54 Å². The summed E-state index contributed by atoms with van der Waals surface area (Å²) in [6, 6.07) is 0. The topological polar surface area (TPSA) is 80.4 Å². The van der Waals surface area contributed by atoms with Crippen molar-refractivity contribution in [1.29, 1.82) is 0 Å². The van der Waals surface area contributed by atoms with Gasteiger partial charge in [0.05, 0.1) is 6.42 Å². The van der Waals surface area contributed by atoms with E-state index < -0.39 is 11.4 Å². The molecule has 2 aliphatic rings. The first-order valence-electron chi connectivity index (χ1n) is 5.04. The fourth-order valence-corrected chi connectivity index (χ4v) is 3.08. The van der Waals surface area contributed by atoms with Crippen LogP contribution in [-0.4, -0.2) is 22.5 Å². The van der Waals surface area contributed by atoms with Crippen LogP contribution in [0.3, 0.4) is 0 Å². The van der Waals surface area contributed by atoms with E-state index in [-0.39, 0.29) is 23.8 Å². The summed E-state index contributed by atoms with van der Waals surface area (Å²) in [4.78, 5) is 20.9. The molecule has 2 rings (SSSR count). The third-order valence-electron chi connectivity index (χ3n) is 3.67. The number of nitrogens with zero attached hydrogens (tertiary/aromatic N) is 1. The van der Waals surface area contributed by atoms with Gasteiger partial charge in [-0.25, -0.2) is 0 Å². The number of carboxylic acids is 1. The maximum atomic E-state index is 10.7. The van der Waals surface area contributed by atoms with Crippen LogP contribution in [0.5, 0.6) is 0 Å². The summed E-state index contributed by atoms with van der Waals surface area (Å²) >= 11 is 0. The molecule has 2 unspecified atom stereocenters. The van der Waals surface area contributed by atoms with Gasteiger partial charge >= 0.3 is 5.97 Å². The normalized spacial score (nSPS) is 37.1. The zero-order valence-electron chi connectivity index (χ0n) is 8.26. The van der Waals surface area contributed by atoms with E-state index in [1.54, 1.807) is 0 Å². The molecule has 0 saturated heterocycles. The summed E-state index contributed by atoms with van der Waals surface area (Å²) in [6.45, 7) is -0.206. The standard InChI is InChI=1S/C10H13NO4/c12-9(13)5-10(6-11(14)15)4-7-2-1-3-8(7)10/h1-2,7-8H,3-6H2,(H,12,13)/t7?,8?,10-/m1/s1. The minimum absolute atomic E-state index is 0.0726. The molecule has 0 amide bonds. The predicted molar refractivity (Wildman–Crippen MR) is 51.9 cm³/mol. The van der Waals surface area contributed by atoms with Crippen LogP contribution in [0.15, 0.2) is 12.2 Å². The molecule has 3 atom stereocenters. The maximum absolute atomic E-state index is 10.7. The monoisotopic (exact) mass is 211 g/mol. The Bertz CT molecular complexity index is 320. The zero-order chi connectivity index (χ0) is 11.1. The minimum atomic E-state index is -0.929. The molecular formula is C10H13NO4. The first-order valence-corrected chi connectivity index (χ1v) is 5.04. The van der Waals surface area contributed by atoms with Gasteiger partial charge in [0.15, 0.2) is 0 Å². The molecule has 0 aromatic heterocycles. The Morgan fingerprint density at radius 3 is 2.93 bits per heavy atom. The van der Waals surface area contributed by atoms with Crippen molar-refractivity contribution >= 4 is 5.97 Å². The van der Waals surface area contributed by atoms with E-state index >= 15 is 0 Å². The molecular weight excluding hydrogens is 198 g/mol. The molecule has 0 radical (unpaired) electrons. The molecule has 0 aromatic carbocycles. The lowest BCUT2D eigenvalue weighted by molar-refractivity contribution is -0.506. The average Bonchev–Trinajstić information content (AvgIpc) is 2.44. The third-order valence-corrected chi connectivity index (χ3v) is 3.67. The molecule has 1 N–H and O–H groups in total. The van der Waals surface area contributed by atoms with Crippen LogP contribution in [0, 0.1) is 27.4 Å². The second-order valence-electron chi connectivity index (χ2n) is 4.56. The van der Waals surface area contributed by atoms with Crippen LogP contribution in [0.4, 0.5) is 0 Å². The zero-order valence-corrected chi connectivity index (χ0v) is 8.26. The van der Waals surface area contributed by atoms with Gasteiger partial charge in [0.1, 0.15) is 0 Å². The molecule has 1 fully saturated rings. The lowest BCUT2D eigenvalue weighted by Crippen LogP contribution is -2.51. The third kappa shape index (κ3) is 1.62. The van der Waals surface area contributed by atoms with Crippen molar-refractivity contribution in [2.24, 2.45) is 17.3 Å². The second kappa shape index (κ2) is 3.32. The number of fused-ring (bicyclic) bond motifs is 1. The van der Waals surface area contributed by atoms with Gasteiger partial charge in [0.25, 0.3) is 0 Å². The number of allylic oxidation sites excluding steroid dienone is 2. The van der Waals surface area contributed by atoms with Crippen molar-refractivity contribution in [3.63, 3.8) is 0 Å². The summed E-state index contributed by atoms with van der Waals surface area (Å²) < 4.78 is 0. The van der Waals surface area contributed by atoms with Gasteiger partial charge < -0.3 is 5.11 Å². The number of rotatable bonds is 4. The molecule has 0 bridgehead atoms. The molecule has 5 nitrogen and oxygen atoms in total. The summed E-state index contributed by atoms with van der Waals surface area (Å²) in [5.74, 6) is -0.370. The average molecular weight is 211 g/mol. The van der Waals surface area contributed by atoms with Crippen LogP contribution in [0.25, 0.3) is 0 Å². The molecule has 1 saturated carbocycles. The largest absolute Gasteiger partial charge is 0.481 e. The Morgan fingerprint density at radius 1 is 1.67 bits per heavy atom. The molecule has 0 heterocycles. The Labute approximate surface area is 86.9 Å². The van der Waals surface area contributed by atoms with Crippen molar-refractivity contribution < 1.29 is 14.8 Å². The number of nitro groups is 1. The van der Waals surface area contributed by atoms with Crippen molar-refractivity contribution in [3.05, 3.63) is 22.3 Å². The van der Waals surface area contributed by atoms with Crippen LogP contribution in [-0.2, 0) is 4.79 Å². The highest BCUT2D eigenvalue weighted by atomic mass is 16.6. The predicted octanol–water partition coefficient (Wildman–Crippen LogP) is 1.32. The van der Waals surface area contributed by atoms with Gasteiger partial charge in [0, 0.05) is 10.3 Å². The quantitative estimate of drug-likeness (QED) is 0.432. The molecule has 0 aromatic rings.